The average Bonchev–Trinajstić information content (AvgIpc) is 2.47. The van der Waals surface area contributed by atoms with Crippen LogP contribution < -0.4 is 21.7 Å². The maximum absolute atomic E-state index is 11.8. The Bertz CT molecular complexity index is 780. The van der Waals surface area contributed by atoms with Crippen molar-refractivity contribution >= 4 is 17.2 Å². The predicted octanol–water partition coefficient (Wildman–Crippen LogP) is 0.260. The van der Waals surface area contributed by atoms with Crippen LogP contribution in [0.25, 0.3) is 0 Å². The first kappa shape index (κ1) is 15.0. The topological polar surface area (TPSA) is 79.2 Å². The summed E-state index contributed by atoms with van der Waals surface area (Å²) in [5, 5.41) is 0. The van der Waals surface area contributed by atoms with E-state index in [-0.39, 0.29) is 29.4 Å². The molecular weight excluding hydrogens is 290 g/mol. The second-order valence-electron chi connectivity index (χ2n) is 4.44. The van der Waals surface area contributed by atoms with Gasteiger partial charge >= 0.3 is 5.69 Å². The Labute approximate surface area is 126 Å². The van der Waals surface area contributed by atoms with Gasteiger partial charge in [0.1, 0.15) is 17.3 Å². The normalized spacial score (nSPS) is 10.3. The average molecular weight is 305 g/mol. The van der Waals surface area contributed by atoms with Crippen LogP contribution in [0.1, 0.15) is 5.56 Å². The molecule has 0 bridgehead atoms. The summed E-state index contributed by atoms with van der Waals surface area (Å²) in [7, 11) is 1.59. The standard InChI is InChI=1S/C14H15N3O3S/c1-16-6-5-12(18)17(14(16)19)7-8-20-11-4-2-3-10(9-11)13(15)21/h2-6,9H,7-8H2,1H3,(H2,15,21). The fourth-order valence-corrected chi connectivity index (χ4v) is 1.94. The van der Waals surface area contributed by atoms with Gasteiger partial charge in [-0.1, -0.05) is 24.4 Å². The lowest BCUT2D eigenvalue weighted by molar-refractivity contribution is 0.292. The summed E-state index contributed by atoms with van der Waals surface area (Å²) in [6, 6.07) is 8.38. The summed E-state index contributed by atoms with van der Waals surface area (Å²) in [6.07, 6.45) is 1.44. The first-order chi connectivity index (χ1) is 9.99. The zero-order chi connectivity index (χ0) is 15.4. The lowest BCUT2D eigenvalue weighted by Crippen LogP contribution is -2.39. The molecule has 0 unspecified atom stereocenters. The number of thiocarbonyl (C=S) groups is 1. The highest BCUT2D eigenvalue weighted by Crippen LogP contribution is 2.13. The van der Waals surface area contributed by atoms with Crippen molar-refractivity contribution in [3.05, 3.63) is 62.9 Å². The molecule has 0 aliphatic heterocycles. The summed E-state index contributed by atoms with van der Waals surface area (Å²) < 4.78 is 7.99. The number of aryl methyl sites for hydroxylation is 1. The number of nitrogens with zero attached hydrogens (tertiary/aromatic N) is 2. The zero-order valence-corrected chi connectivity index (χ0v) is 12.3. The quantitative estimate of drug-likeness (QED) is 0.802. The molecule has 21 heavy (non-hydrogen) atoms. The number of nitrogens with two attached hydrogens (primary N) is 1. The van der Waals surface area contributed by atoms with Gasteiger partial charge in [0, 0.05) is 24.9 Å². The van der Waals surface area contributed by atoms with Gasteiger partial charge in [0.25, 0.3) is 5.56 Å². The summed E-state index contributed by atoms with van der Waals surface area (Å²) in [5.41, 5.74) is 5.53. The van der Waals surface area contributed by atoms with Crippen molar-refractivity contribution in [3.8, 4) is 5.75 Å². The van der Waals surface area contributed by atoms with E-state index in [1.165, 1.54) is 16.8 Å². The summed E-state index contributed by atoms with van der Waals surface area (Å²) in [4.78, 5) is 23.7. The highest BCUT2D eigenvalue weighted by atomic mass is 32.1. The highest BCUT2D eigenvalue weighted by Gasteiger charge is 2.04. The van der Waals surface area contributed by atoms with Crippen molar-refractivity contribution in [3.63, 3.8) is 0 Å². The molecule has 7 heteroatoms. The Morgan fingerprint density at radius 2 is 2.10 bits per heavy atom. The van der Waals surface area contributed by atoms with E-state index in [1.54, 1.807) is 31.3 Å². The second kappa shape index (κ2) is 6.36. The van der Waals surface area contributed by atoms with Gasteiger partial charge in [-0.25, -0.2) is 4.79 Å². The first-order valence-electron chi connectivity index (χ1n) is 6.28. The summed E-state index contributed by atoms with van der Waals surface area (Å²) in [5.74, 6) is 0.584. The molecule has 0 aliphatic carbocycles. The van der Waals surface area contributed by atoms with Gasteiger partial charge in [0.15, 0.2) is 0 Å². The molecule has 0 spiro atoms. The van der Waals surface area contributed by atoms with E-state index in [1.807, 2.05) is 0 Å². The Morgan fingerprint density at radius 1 is 1.33 bits per heavy atom. The Kier molecular flexibility index (Phi) is 4.54. The lowest BCUT2D eigenvalue weighted by Gasteiger charge is -2.09. The molecule has 0 saturated heterocycles. The second-order valence-corrected chi connectivity index (χ2v) is 4.88. The number of aromatic nitrogens is 2. The van der Waals surface area contributed by atoms with Crippen molar-refractivity contribution in [2.75, 3.05) is 6.61 Å². The van der Waals surface area contributed by atoms with Gasteiger partial charge in [0.2, 0.25) is 0 Å². The molecule has 2 rings (SSSR count). The van der Waals surface area contributed by atoms with Crippen molar-refractivity contribution in [1.29, 1.82) is 0 Å². The predicted molar refractivity (Wildman–Crippen MR) is 83.8 cm³/mol. The molecule has 0 atom stereocenters. The van der Waals surface area contributed by atoms with Crippen LogP contribution in [0.3, 0.4) is 0 Å². The Morgan fingerprint density at radius 3 is 2.81 bits per heavy atom. The fraction of sp³-hybridized carbons (Fsp3) is 0.214. The van der Waals surface area contributed by atoms with Crippen LogP contribution in [0.5, 0.6) is 5.75 Å². The van der Waals surface area contributed by atoms with Gasteiger partial charge < -0.3 is 15.0 Å². The van der Waals surface area contributed by atoms with Gasteiger partial charge in [0.05, 0.1) is 6.54 Å². The van der Waals surface area contributed by atoms with Crippen molar-refractivity contribution in [2.45, 2.75) is 6.54 Å². The molecule has 0 fully saturated rings. The van der Waals surface area contributed by atoms with Gasteiger partial charge in [-0.05, 0) is 12.1 Å². The van der Waals surface area contributed by atoms with E-state index in [2.05, 4.69) is 0 Å². The van der Waals surface area contributed by atoms with E-state index >= 15 is 0 Å². The third kappa shape index (κ3) is 3.57. The van der Waals surface area contributed by atoms with Crippen LogP contribution in [-0.4, -0.2) is 20.7 Å². The molecule has 2 N–H and O–H groups in total. The SMILES string of the molecule is Cn1ccc(=O)n(CCOc2cccc(C(N)=S)c2)c1=O. The van der Waals surface area contributed by atoms with E-state index in [4.69, 9.17) is 22.7 Å². The summed E-state index contributed by atoms with van der Waals surface area (Å²) >= 11 is 4.89. The number of hydrogen-bond acceptors (Lipinski definition) is 4. The third-order valence-corrected chi connectivity index (χ3v) is 3.18. The smallest absolute Gasteiger partial charge is 0.330 e. The van der Waals surface area contributed by atoms with Crippen molar-refractivity contribution < 1.29 is 4.74 Å². The Hall–Kier alpha value is -2.41. The van der Waals surface area contributed by atoms with Gasteiger partial charge in [-0.3, -0.25) is 9.36 Å². The first-order valence-corrected chi connectivity index (χ1v) is 6.69. The van der Waals surface area contributed by atoms with Crippen LogP contribution in [0.2, 0.25) is 0 Å². The molecule has 0 aliphatic rings. The maximum atomic E-state index is 11.8. The van der Waals surface area contributed by atoms with E-state index in [0.29, 0.717) is 11.3 Å². The molecule has 0 amide bonds. The zero-order valence-electron chi connectivity index (χ0n) is 11.5. The molecule has 110 valence electrons. The minimum atomic E-state index is -0.372. The molecule has 0 radical (unpaired) electrons. The molecule has 0 saturated carbocycles. The van der Waals surface area contributed by atoms with E-state index in [9.17, 15) is 9.59 Å². The molecule has 2 aromatic rings. The summed E-state index contributed by atoms with van der Waals surface area (Å²) in [6.45, 7) is 0.365. The highest BCUT2D eigenvalue weighted by molar-refractivity contribution is 7.80. The van der Waals surface area contributed by atoms with Crippen LogP contribution in [0, 0.1) is 0 Å². The van der Waals surface area contributed by atoms with E-state index in [0.717, 1.165) is 4.57 Å². The number of ether oxygens (including phenoxy) is 1. The van der Waals surface area contributed by atoms with Gasteiger partial charge in [-0.2, -0.15) is 0 Å². The lowest BCUT2D eigenvalue weighted by atomic mass is 10.2. The largest absolute Gasteiger partial charge is 0.492 e. The van der Waals surface area contributed by atoms with E-state index < -0.39 is 0 Å². The van der Waals surface area contributed by atoms with Crippen molar-refractivity contribution in [2.24, 2.45) is 12.8 Å². The monoisotopic (exact) mass is 305 g/mol. The van der Waals surface area contributed by atoms with Crippen LogP contribution in [0.15, 0.2) is 46.1 Å². The van der Waals surface area contributed by atoms with Crippen molar-refractivity contribution in [1.82, 2.24) is 9.13 Å². The molecule has 1 aromatic carbocycles. The van der Waals surface area contributed by atoms with Crippen LogP contribution in [0.4, 0.5) is 0 Å². The third-order valence-electron chi connectivity index (χ3n) is 2.94. The minimum absolute atomic E-state index is 0.170. The molecule has 1 aromatic heterocycles. The molecule has 1 heterocycles. The number of hydrogen-bond donors (Lipinski definition) is 1. The number of benzene rings is 1. The maximum Gasteiger partial charge on any atom is 0.330 e. The Balaban J connectivity index is 2.07. The molecule has 6 nitrogen and oxygen atoms in total. The van der Waals surface area contributed by atoms with Crippen LogP contribution in [-0.2, 0) is 13.6 Å². The fourth-order valence-electron chi connectivity index (χ4n) is 1.81. The minimum Gasteiger partial charge on any atom is -0.492 e. The van der Waals surface area contributed by atoms with Crippen LogP contribution >= 0.6 is 12.2 Å². The van der Waals surface area contributed by atoms with Gasteiger partial charge in [-0.15, -0.1) is 0 Å². The molecular formula is C14H15N3O3S. The number of rotatable bonds is 5.